The summed E-state index contributed by atoms with van der Waals surface area (Å²) in [6.07, 6.45) is 2.15. The van der Waals surface area contributed by atoms with Crippen molar-refractivity contribution in [3.8, 4) is 22.4 Å². The van der Waals surface area contributed by atoms with Gasteiger partial charge >= 0.3 is 11.6 Å². The summed E-state index contributed by atoms with van der Waals surface area (Å²) in [6, 6.07) is 14.2. The second-order valence-corrected chi connectivity index (χ2v) is 8.18. The first-order chi connectivity index (χ1) is 15.0. The Hall–Kier alpha value is -3.52. The lowest BCUT2D eigenvalue weighted by atomic mass is 9.99. The molecule has 158 valence electrons. The lowest BCUT2D eigenvalue weighted by molar-refractivity contribution is -0.351. The molecule has 0 saturated carbocycles. The number of nitrogens with two attached hydrogens (primary N) is 1. The number of pyridine rings is 1. The first-order valence-electron chi connectivity index (χ1n) is 10.6. The normalized spacial score (nSPS) is 16.3. The Morgan fingerprint density at radius 2 is 1.90 bits per heavy atom. The van der Waals surface area contributed by atoms with Crippen molar-refractivity contribution in [1.82, 2.24) is 24.5 Å². The minimum atomic E-state index is -0.235. The standard InChI is InChI=1S/C23H25N7O/c1-14-11-17(12-15(2)26-14)19-20(16-7-4-3-5-8-16)27-22(24)30-21(19)28-29(23(30)31)13-18-9-6-10-25-18/h3-5,7-8,11-12,18,25H,6,9-10,13H2,1-2H3,(H2,24,27)/p+1. The number of nitrogens with zero attached hydrogens (tertiary/aromatic N) is 4. The molecule has 4 heterocycles. The Labute approximate surface area is 179 Å². The van der Waals surface area contributed by atoms with Gasteiger partial charge in [0.1, 0.15) is 5.69 Å². The molecule has 1 saturated heterocycles. The van der Waals surface area contributed by atoms with E-state index in [1.165, 1.54) is 9.08 Å². The third kappa shape index (κ3) is 3.48. The molecule has 1 aromatic carbocycles. The minimum absolute atomic E-state index is 0.235. The summed E-state index contributed by atoms with van der Waals surface area (Å²) in [5, 5.41) is 8.20. The first-order valence-corrected chi connectivity index (χ1v) is 10.6. The molecule has 0 spiro atoms. The number of hydrogen-bond acceptors (Lipinski definition) is 5. The molecule has 1 aliphatic rings. The molecule has 0 aliphatic carbocycles. The van der Waals surface area contributed by atoms with Crippen LogP contribution in [0, 0.1) is 13.8 Å². The highest BCUT2D eigenvalue weighted by atomic mass is 16.2. The van der Waals surface area contributed by atoms with E-state index >= 15 is 0 Å². The molecule has 3 aromatic heterocycles. The van der Waals surface area contributed by atoms with E-state index in [4.69, 9.17) is 10.8 Å². The number of benzene rings is 1. The van der Waals surface area contributed by atoms with E-state index in [1.54, 1.807) is 0 Å². The third-order valence-corrected chi connectivity index (χ3v) is 5.80. The van der Waals surface area contributed by atoms with Crippen LogP contribution < -0.4 is 21.7 Å². The molecule has 1 fully saturated rings. The van der Waals surface area contributed by atoms with Gasteiger partial charge in [-0.1, -0.05) is 30.3 Å². The molecule has 1 aliphatic heterocycles. The molecule has 4 aromatic rings. The van der Waals surface area contributed by atoms with Gasteiger partial charge in [0.2, 0.25) is 5.65 Å². The Bertz CT molecular complexity index is 1300. The van der Waals surface area contributed by atoms with Crippen molar-refractivity contribution >= 4 is 11.6 Å². The summed E-state index contributed by atoms with van der Waals surface area (Å²) in [4.78, 5) is 21.0. The van der Waals surface area contributed by atoms with Gasteiger partial charge in [0.25, 0.3) is 0 Å². The van der Waals surface area contributed by atoms with Gasteiger partial charge in [-0.2, -0.15) is 4.68 Å². The van der Waals surface area contributed by atoms with Crippen LogP contribution in [0.2, 0.25) is 0 Å². The third-order valence-electron chi connectivity index (χ3n) is 5.80. The van der Waals surface area contributed by atoms with Crippen molar-refractivity contribution in [2.24, 2.45) is 0 Å². The molecule has 0 radical (unpaired) electrons. The molecule has 4 N–H and O–H groups in total. The number of hydrogen-bond donors (Lipinski definition) is 2. The summed E-state index contributed by atoms with van der Waals surface area (Å²) in [6.45, 7) is 5.43. The van der Waals surface area contributed by atoms with Crippen LogP contribution in [-0.4, -0.2) is 31.8 Å². The van der Waals surface area contributed by atoms with Crippen molar-refractivity contribution in [2.75, 3.05) is 12.3 Å². The molecule has 8 heteroatoms. The fourth-order valence-electron chi connectivity index (χ4n) is 4.46. The molecule has 8 nitrogen and oxygen atoms in total. The zero-order valence-electron chi connectivity index (χ0n) is 17.7. The second kappa shape index (κ2) is 7.63. The second-order valence-electron chi connectivity index (χ2n) is 8.18. The number of aromatic nitrogens is 5. The number of aromatic amines is 1. The maximum absolute atomic E-state index is 13.2. The van der Waals surface area contributed by atoms with Crippen LogP contribution >= 0.6 is 0 Å². The Morgan fingerprint density at radius 3 is 2.58 bits per heavy atom. The monoisotopic (exact) mass is 416 g/mol. The van der Waals surface area contributed by atoms with Crippen LogP contribution in [0.15, 0.2) is 47.3 Å². The van der Waals surface area contributed by atoms with Crippen LogP contribution in [-0.2, 0) is 6.54 Å². The van der Waals surface area contributed by atoms with Gasteiger partial charge in [-0.15, -0.1) is 9.50 Å². The summed E-state index contributed by atoms with van der Waals surface area (Å²) >= 11 is 0. The van der Waals surface area contributed by atoms with Crippen LogP contribution in [0.1, 0.15) is 24.2 Å². The lowest BCUT2D eigenvalue weighted by Gasteiger charge is -2.10. The Kier molecular flexibility index (Phi) is 4.78. The highest BCUT2D eigenvalue weighted by Gasteiger charge is 2.27. The van der Waals surface area contributed by atoms with E-state index in [9.17, 15) is 4.79 Å². The van der Waals surface area contributed by atoms with E-state index in [1.807, 2.05) is 56.3 Å². The number of aryl methyl sites for hydroxylation is 2. The van der Waals surface area contributed by atoms with E-state index in [0.29, 0.717) is 12.2 Å². The maximum atomic E-state index is 13.2. The van der Waals surface area contributed by atoms with Gasteiger partial charge in [-0.05, 0) is 50.9 Å². The Morgan fingerprint density at radius 1 is 1.16 bits per heavy atom. The molecular formula is C23H26N7O+. The minimum Gasteiger partial charge on any atom is -0.312 e. The fourth-order valence-corrected chi connectivity index (χ4v) is 4.46. The topological polar surface area (TPSA) is 104 Å². The molecule has 1 atom stereocenters. The van der Waals surface area contributed by atoms with Crippen LogP contribution in [0.4, 0.5) is 5.95 Å². The van der Waals surface area contributed by atoms with Crippen molar-refractivity contribution in [2.45, 2.75) is 39.3 Å². The largest absolute Gasteiger partial charge is 0.411 e. The molecule has 0 amide bonds. The van der Waals surface area contributed by atoms with E-state index < -0.39 is 0 Å². The number of nitrogens with one attached hydrogen (secondary N) is 2. The predicted octanol–water partition coefficient (Wildman–Crippen LogP) is 1.99. The summed E-state index contributed by atoms with van der Waals surface area (Å²) in [5.41, 5.74) is 12.0. The van der Waals surface area contributed by atoms with E-state index in [2.05, 4.69) is 15.3 Å². The van der Waals surface area contributed by atoms with Crippen molar-refractivity contribution in [3.05, 3.63) is 64.3 Å². The highest BCUT2D eigenvalue weighted by molar-refractivity contribution is 5.88. The molecular weight excluding hydrogens is 390 g/mol. The number of nitrogen functional groups attached to an aromatic ring is 1. The SMILES string of the molecule is Cc1cc(-c2c(-c3ccccc3)[nH+]c(N)n3c(=O)n(CC4CCCN4)nc23)cc(C)n1. The number of H-pyrrole nitrogens is 1. The van der Waals surface area contributed by atoms with Crippen molar-refractivity contribution < 1.29 is 4.98 Å². The number of fused-ring (bicyclic) bond motifs is 1. The smallest absolute Gasteiger partial charge is 0.312 e. The van der Waals surface area contributed by atoms with Gasteiger partial charge in [-0.25, -0.2) is 9.78 Å². The molecule has 31 heavy (non-hydrogen) atoms. The molecule has 0 bridgehead atoms. The van der Waals surface area contributed by atoms with Gasteiger partial charge < -0.3 is 5.32 Å². The summed E-state index contributed by atoms with van der Waals surface area (Å²) in [5.74, 6) is 0.260. The number of rotatable bonds is 4. The summed E-state index contributed by atoms with van der Waals surface area (Å²) in [7, 11) is 0. The van der Waals surface area contributed by atoms with Crippen LogP contribution in [0.5, 0.6) is 0 Å². The van der Waals surface area contributed by atoms with Crippen LogP contribution in [0.3, 0.4) is 0 Å². The zero-order valence-corrected chi connectivity index (χ0v) is 17.7. The Balaban J connectivity index is 1.81. The average molecular weight is 417 g/mol. The van der Waals surface area contributed by atoms with Gasteiger partial charge in [-0.3, -0.25) is 10.7 Å². The molecule has 5 rings (SSSR count). The van der Waals surface area contributed by atoms with Gasteiger partial charge in [0, 0.05) is 23.0 Å². The van der Waals surface area contributed by atoms with Crippen molar-refractivity contribution in [3.63, 3.8) is 0 Å². The maximum Gasteiger partial charge on any atom is 0.411 e. The van der Waals surface area contributed by atoms with E-state index in [-0.39, 0.29) is 17.7 Å². The summed E-state index contributed by atoms with van der Waals surface area (Å²) < 4.78 is 3.00. The quantitative estimate of drug-likeness (QED) is 0.529. The van der Waals surface area contributed by atoms with Gasteiger partial charge in [0.15, 0.2) is 0 Å². The van der Waals surface area contributed by atoms with Gasteiger partial charge in [0.05, 0.1) is 12.1 Å². The predicted molar refractivity (Wildman–Crippen MR) is 120 cm³/mol. The molecule has 1 unspecified atom stereocenters. The van der Waals surface area contributed by atoms with Crippen molar-refractivity contribution in [1.29, 1.82) is 0 Å². The zero-order chi connectivity index (χ0) is 21.5. The van der Waals surface area contributed by atoms with E-state index in [0.717, 1.165) is 53.2 Å². The van der Waals surface area contributed by atoms with Crippen LogP contribution in [0.25, 0.3) is 28.0 Å². The number of anilines is 1. The highest BCUT2D eigenvalue weighted by Crippen LogP contribution is 2.32. The first kappa shape index (κ1) is 19.4. The lowest BCUT2D eigenvalue weighted by Crippen LogP contribution is -2.33. The average Bonchev–Trinajstić information content (AvgIpc) is 3.36. The fraction of sp³-hybridized carbons (Fsp3) is 0.304.